The number of amides is 1. The maximum Gasteiger partial charge on any atom is 0.243 e. The van der Waals surface area contributed by atoms with Gasteiger partial charge in [-0.3, -0.25) is 4.79 Å². The van der Waals surface area contributed by atoms with Crippen molar-refractivity contribution in [3.8, 4) is 5.75 Å². The van der Waals surface area contributed by atoms with Gasteiger partial charge < -0.3 is 25.0 Å². The van der Waals surface area contributed by atoms with Crippen LogP contribution < -0.4 is 20.3 Å². The Morgan fingerprint density at radius 2 is 1.85 bits per heavy atom. The zero-order chi connectivity index (χ0) is 18.2. The molecule has 1 amide bonds. The summed E-state index contributed by atoms with van der Waals surface area (Å²) in [6.45, 7) is 5.94. The lowest BCUT2D eigenvalue weighted by Crippen LogP contribution is -2.36. The summed E-state index contributed by atoms with van der Waals surface area (Å²) in [6.07, 6.45) is 0. The van der Waals surface area contributed by atoms with Gasteiger partial charge in [-0.05, 0) is 43.3 Å². The normalized spacial score (nSPS) is 14.0. The van der Waals surface area contributed by atoms with Gasteiger partial charge in [-0.15, -0.1) is 0 Å². The van der Waals surface area contributed by atoms with E-state index in [1.807, 2.05) is 49.4 Å². The van der Waals surface area contributed by atoms with Gasteiger partial charge in [0.2, 0.25) is 5.91 Å². The molecule has 0 bridgehead atoms. The first-order chi connectivity index (χ1) is 12.8. The van der Waals surface area contributed by atoms with Crippen LogP contribution in [-0.2, 0) is 9.53 Å². The number of benzene rings is 2. The monoisotopic (exact) mass is 355 g/mol. The van der Waals surface area contributed by atoms with Crippen LogP contribution in [0.5, 0.6) is 5.75 Å². The van der Waals surface area contributed by atoms with E-state index in [2.05, 4.69) is 21.6 Å². The van der Waals surface area contributed by atoms with Crippen molar-refractivity contribution in [1.29, 1.82) is 0 Å². The number of nitrogens with one attached hydrogen (secondary N) is 2. The van der Waals surface area contributed by atoms with E-state index in [1.54, 1.807) is 0 Å². The number of carbonyl (C=O) groups is 1. The minimum absolute atomic E-state index is 0.0917. The molecule has 1 aliphatic heterocycles. The minimum atomic E-state index is -0.0917. The molecule has 2 aromatic carbocycles. The molecule has 6 heteroatoms. The molecule has 26 heavy (non-hydrogen) atoms. The summed E-state index contributed by atoms with van der Waals surface area (Å²) in [5.41, 5.74) is 2.81. The highest BCUT2D eigenvalue weighted by Gasteiger charge is 2.14. The van der Waals surface area contributed by atoms with Gasteiger partial charge in [0.1, 0.15) is 5.75 Å². The summed E-state index contributed by atoms with van der Waals surface area (Å²) in [4.78, 5) is 14.5. The zero-order valence-electron chi connectivity index (χ0n) is 15.0. The predicted octanol–water partition coefficient (Wildman–Crippen LogP) is 2.97. The second-order valence-corrected chi connectivity index (χ2v) is 5.98. The van der Waals surface area contributed by atoms with E-state index in [9.17, 15) is 4.79 Å². The van der Waals surface area contributed by atoms with Crippen molar-refractivity contribution in [2.75, 3.05) is 55.0 Å². The third-order valence-electron chi connectivity index (χ3n) is 4.14. The average Bonchev–Trinajstić information content (AvgIpc) is 2.69. The molecule has 0 spiro atoms. The number of para-hydroxylation sites is 2. The van der Waals surface area contributed by atoms with E-state index in [4.69, 9.17) is 9.47 Å². The number of carbonyl (C=O) groups excluding carboxylic acids is 1. The molecular formula is C20H25N3O3. The summed E-state index contributed by atoms with van der Waals surface area (Å²) in [5, 5.41) is 6.13. The van der Waals surface area contributed by atoms with Crippen LogP contribution in [-0.4, -0.2) is 45.4 Å². The van der Waals surface area contributed by atoms with Crippen molar-refractivity contribution in [2.24, 2.45) is 0 Å². The van der Waals surface area contributed by atoms with Gasteiger partial charge in [0, 0.05) is 18.8 Å². The van der Waals surface area contributed by atoms with Crippen molar-refractivity contribution in [2.45, 2.75) is 6.92 Å². The van der Waals surface area contributed by atoms with E-state index in [1.165, 1.54) is 0 Å². The van der Waals surface area contributed by atoms with Crippen molar-refractivity contribution in [3.63, 3.8) is 0 Å². The van der Waals surface area contributed by atoms with Crippen LogP contribution >= 0.6 is 0 Å². The maximum atomic E-state index is 12.2. The Balaban J connectivity index is 1.56. The standard InChI is InChI=1S/C20H25N3O3/c1-2-26-17-9-7-16(8-10-17)22-20(24)15-21-18-5-3-4-6-19(18)23-11-13-25-14-12-23/h3-10,21H,2,11-15H2,1H3,(H,22,24). The first-order valence-corrected chi connectivity index (χ1v) is 8.94. The van der Waals surface area contributed by atoms with E-state index >= 15 is 0 Å². The van der Waals surface area contributed by atoms with E-state index in [0.717, 1.165) is 49.1 Å². The SMILES string of the molecule is CCOc1ccc(NC(=O)CNc2ccccc2N2CCOCC2)cc1. The zero-order valence-corrected chi connectivity index (χ0v) is 15.0. The predicted molar refractivity (Wildman–Crippen MR) is 104 cm³/mol. The third kappa shape index (κ3) is 4.89. The van der Waals surface area contributed by atoms with Crippen LogP contribution in [0, 0.1) is 0 Å². The van der Waals surface area contributed by atoms with Gasteiger partial charge in [0.25, 0.3) is 0 Å². The first-order valence-electron chi connectivity index (χ1n) is 8.94. The van der Waals surface area contributed by atoms with Gasteiger partial charge in [-0.1, -0.05) is 12.1 Å². The fourth-order valence-electron chi connectivity index (χ4n) is 2.88. The molecule has 1 aliphatic rings. The topological polar surface area (TPSA) is 62.8 Å². The fourth-order valence-corrected chi connectivity index (χ4v) is 2.88. The average molecular weight is 355 g/mol. The molecule has 0 unspecified atom stereocenters. The molecule has 2 aromatic rings. The van der Waals surface area contributed by atoms with Crippen LogP contribution in [0.4, 0.5) is 17.1 Å². The first kappa shape index (κ1) is 18.1. The van der Waals surface area contributed by atoms with Crippen molar-refractivity contribution in [1.82, 2.24) is 0 Å². The summed E-state index contributed by atoms with van der Waals surface area (Å²) in [7, 11) is 0. The summed E-state index contributed by atoms with van der Waals surface area (Å²) < 4.78 is 10.8. The fraction of sp³-hybridized carbons (Fsp3) is 0.350. The molecule has 0 aromatic heterocycles. The second-order valence-electron chi connectivity index (χ2n) is 5.98. The van der Waals surface area contributed by atoms with Gasteiger partial charge >= 0.3 is 0 Å². The smallest absolute Gasteiger partial charge is 0.243 e. The van der Waals surface area contributed by atoms with Crippen LogP contribution in [0.15, 0.2) is 48.5 Å². The Labute approximate surface area is 154 Å². The molecule has 1 fully saturated rings. The molecule has 0 saturated carbocycles. The Morgan fingerprint density at radius 1 is 1.12 bits per heavy atom. The Hall–Kier alpha value is -2.73. The number of morpholine rings is 1. The number of hydrogen-bond donors (Lipinski definition) is 2. The Morgan fingerprint density at radius 3 is 2.58 bits per heavy atom. The van der Waals surface area contributed by atoms with E-state index < -0.39 is 0 Å². The molecule has 0 aliphatic carbocycles. The molecule has 2 N–H and O–H groups in total. The van der Waals surface area contributed by atoms with Crippen LogP contribution in [0.1, 0.15) is 6.92 Å². The molecule has 1 heterocycles. The number of anilines is 3. The van der Waals surface area contributed by atoms with Gasteiger partial charge in [0.05, 0.1) is 37.7 Å². The lowest BCUT2D eigenvalue weighted by Gasteiger charge is -2.30. The molecule has 6 nitrogen and oxygen atoms in total. The highest BCUT2D eigenvalue weighted by Crippen LogP contribution is 2.26. The maximum absolute atomic E-state index is 12.2. The molecular weight excluding hydrogens is 330 g/mol. The quantitative estimate of drug-likeness (QED) is 0.799. The van der Waals surface area contributed by atoms with E-state index in [-0.39, 0.29) is 12.5 Å². The number of hydrogen-bond acceptors (Lipinski definition) is 5. The Kier molecular flexibility index (Phi) is 6.33. The third-order valence-corrected chi connectivity index (χ3v) is 4.14. The summed E-state index contributed by atoms with van der Waals surface area (Å²) in [5.74, 6) is 0.703. The Bertz CT molecular complexity index is 712. The summed E-state index contributed by atoms with van der Waals surface area (Å²) in [6, 6.07) is 15.4. The summed E-state index contributed by atoms with van der Waals surface area (Å²) >= 11 is 0. The lowest BCUT2D eigenvalue weighted by molar-refractivity contribution is -0.114. The number of ether oxygens (including phenoxy) is 2. The number of rotatable bonds is 7. The van der Waals surface area contributed by atoms with Crippen LogP contribution in [0.2, 0.25) is 0 Å². The molecule has 0 atom stereocenters. The van der Waals surface area contributed by atoms with E-state index in [0.29, 0.717) is 6.61 Å². The second kappa shape index (κ2) is 9.10. The van der Waals surface area contributed by atoms with Crippen LogP contribution in [0.25, 0.3) is 0 Å². The largest absolute Gasteiger partial charge is 0.494 e. The number of nitrogens with zero attached hydrogens (tertiary/aromatic N) is 1. The van der Waals surface area contributed by atoms with Gasteiger partial charge in [-0.25, -0.2) is 0 Å². The molecule has 3 rings (SSSR count). The van der Waals surface area contributed by atoms with Gasteiger partial charge in [0.15, 0.2) is 0 Å². The molecule has 138 valence electrons. The van der Waals surface area contributed by atoms with Crippen LogP contribution in [0.3, 0.4) is 0 Å². The highest BCUT2D eigenvalue weighted by molar-refractivity contribution is 5.94. The van der Waals surface area contributed by atoms with Crippen molar-refractivity contribution in [3.05, 3.63) is 48.5 Å². The molecule has 0 radical (unpaired) electrons. The van der Waals surface area contributed by atoms with Gasteiger partial charge in [-0.2, -0.15) is 0 Å². The minimum Gasteiger partial charge on any atom is -0.494 e. The molecule has 1 saturated heterocycles. The van der Waals surface area contributed by atoms with Crippen molar-refractivity contribution >= 4 is 23.0 Å². The lowest BCUT2D eigenvalue weighted by atomic mass is 10.2. The highest BCUT2D eigenvalue weighted by atomic mass is 16.5. The van der Waals surface area contributed by atoms with Crippen molar-refractivity contribution < 1.29 is 14.3 Å².